The Hall–Kier alpha value is -2.30. The van der Waals surface area contributed by atoms with E-state index >= 15 is 0 Å². The average molecular weight is 328 g/mol. The molecule has 1 aliphatic carbocycles. The lowest BCUT2D eigenvalue weighted by Gasteiger charge is -2.26. The van der Waals surface area contributed by atoms with Crippen molar-refractivity contribution >= 4 is 22.8 Å². The molecule has 5 heteroatoms. The first-order chi connectivity index (χ1) is 11.6. The van der Waals surface area contributed by atoms with Gasteiger partial charge in [0.1, 0.15) is 0 Å². The van der Waals surface area contributed by atoms with Crippen LogP contribution in [0.15, 0.2) is 24.4 Å². The Morgan fingerprint density at radius 2 is 1.96 bits per heavy atom. The van der Waals surface area contributed by atoms with E-state index < -0.39 is 5.97 Å². The summed E-state index contributed by atoms with van der Waals surface area (Å²) in [6, 6.07) is 6.28. The zero-order valence-corrected chi connectivity index (χ0v) is 14.0. The van der Waals surface area contributed by atoms with E-state index in [1.54, 1.807) is 0 Å². The fraction of sp³-hybridized carbons (Fsp3) is 0.474. The zero-order chi connectivity index (χ0) is 17.1. The number of hydrogen-bond acceptors (Lipinski definition) is 2. The smallest absolute Gasteiger partial charge is 0.306 e. The number of rotatable bonds is 5. The van der Waals surface area contributed by atoms with E-state index in [-0.39, 0.29) is 17.9 Å². The van der Waals surface area contributed by atoms with Gasteiger partial charge >= 0.3 is 5.97 Å². The van der Waals surface area contributed by atoms with E-state index in [2.05, 4.69) is 23.3 Å². The Kier molecular flexibility index (Phi) is 4.88. The molecule has 24 heavy (non-hydrogen) atoms. The van der Waals surface area contributed by atoms with E-state index in [0.29, 0.717) is 19.3 Å². The van der Waals surface area contributed by atoms with Crippen LogP contribution in [0, 0.1) is 5.92 Å². The molecule has 0 aliphatic heterocycles. The fourth-order valence-electron chi connectivity index (χ4n) is 3.65. The van der Waals surface area contributed by atoms with E-state index in [0.717, 1.165) is 35.7 Å². The monoisotopic (exact) mass is 328 g/mol. The number of benzene rings is 1. The standard InChI is InChI=1S/C19H24N2O3/c1-2-12-4-3-5-16-14(11-20-18(12)16)10-17(22)21-15-8-6-13(7-9-15)19(23)24/h3-5,11,13,15,20H,2,6-10H2,1H3,(H,21,22)(H,23,24). The second-order valence-corrected chi connectivity index (χ2v) is 6.64. The topological polar surface area (TPSA) is 82.2 Å². The Labute approximate surface area is 141 Å². The maximum absolute atomic E-state index is 12.4. The third-order valence-corrected chi connectivity index (χ3v) is 5.06. The molecule has 2 aromatic rings. The van der Waals surface area contributed by atoms with Crippen molar-refractivity contribution in [1.82, 2.24) is 10.3 Å². The molecule has 1 amide bonds. The van der Waals surface area contributed by atoms with Crippen molar-refractivity contribution in [2.45, 2.75) is 51.5 Å². The molecule has 1 fully saturated rings. The summed E-state index contributed by atoms with van der Waals surface area (Å²) in [5, 5.41) is 13.2. The molecular weight excluding hydrogens is 304 g/mol. The number of carbonyl (C=O) groups excluding carboxylic acids is 1. The van der Waals surface area contributed by atoms with Crippen molar-refractivity contribution in [2.24, 2.45) is 5.92 Å². The number of hydrogen-bond donors (Lipinski definition) is 3. The van der Waals surface area contributed by atoms with Gasteiger partial charge in [0.25, 0.3) is 0 Å². The second-order valence-electron chi connectivity index (χ2n) is 6.64. The van der Waals surface area contributed by atoms with Crippen molar-refractivity contribution in [3.8, 4) is 0 Å². The van der Waals surface area contributed by atoms with Crippen LogP contribution >= 0.6 is 0 Å². The van der Waals surface area contributed by atoms with Gasteiger partial charge in [0.05, 0.1) is 12.3 Å². The largest absolute Gasteiger partial charge is 0.481 e. The third-order valence-electron chi connectivity index (χ3n) is 5.06. The fourth-order valence-corrected chi connectivity index (χ4v) is 3.65. The van der Waals surface area contributed by atoms with Crippen LogP contribution in [0.25, 0.3) is 10.9 Å². The number of fused-ring (bicyclic) bond motifs is 1. The molecular formula is C19H24N2O3. The van der Waals surface area contributed by atoms with Crippen LogP contribution in [0.4, 0.5) is 0 Å². The number of aliphatic carboxylic acids is 1. The zero-order valence-electron chi connectivity index (χ0n) is 14.0. The molecule has 1 saturated carbocycles. The predicted octanol–water partition coefficient (Wildman–Crippen LogP) is 3.03. The Morgan fingerprint density at radius 3 is 2.62 bits per heavy atom. The van der Waals surface area contributed by atoms with Crippen molar-refractivity contribution < 1.29 is 14.7 Å². The maximum atomic E-state index is 12.4. The average Bonchev–Trinajstić information content (AvgIpc) is 2.98. The van der Waals surface area contributed by atoms with Crippen LogP contribution in [0.5, 0.6) is 0 Å². The highest BCUT2D eigenvalue weighted by Gasteiger charge is 2.26. The number of carboxylic acids is 1. The van der Waals surface area contributed by atoms with Crippen LogP contribution in [0.3, 0.4) is 0 Å². The molecule has 1 aliphatic rings. The first-order valence-corrected chi connectivity index (χ1v) is 8.68. The number of aromatic nitrogens is 1. The quantitative estimate of drug-likeness (QED) is 0.789. The van der Waals surface area contributed by atoms with Crippen LogP contribution < -0.4 is 5.32 Å². The van der Waals surface area contributed by atoms with Gasteiger partial charge in [-0.15, -0.1) is 0 Å². The summed E-state index contributed by atoms with van der Waals surface area (Å²) in [6.45, 7) is 2.12. The van der Waals surface area contributed by atoms with Gasteiger partial charge < -0.3 is 15.4 Å². The number of amides is 1. The Balaban J connectivity index is 1.61. The highest BCUT2D eigenvalue weighted by Crippen LogP contribution is 2.25. The van der Waals surface area contributed by atoms with Crippen LogP contribution in [0.1, 0.15) is 43.7 Å². The first-order valence-electron chi connectivity index (χ1n) is 8.68. The van der Waals surface area contributed by atoms with Gasteiger partial charge in [-0.1, -0.05) is 25.1 Å². The number of nitrogens with one attached hydrogen (secondary N) is 2. The summed E-state index contributed by atoms with van der Waals surface area (Å²) in [7, 11) is 0. The minimum absolute atomic E-state index is 0.0107. The van der Waals surface area contributed by atoms with Gasteiger partial charge in [-0.25, -0.2) is 0 Å². The number of aromatic amines is 1. The van der Waals surface area contributed by atoms with Gasteiger partial charge in [-0.3, -0.25) is 9.59 Å². The van der Waals surface area contributed by atoms with E-state index in [9.17, 15) is 9.59 Å². The molecule has 5 nitrogen and oxygen atoms in total. The summed E-state index contributed by atoms with van der Waals surface area (Å²) in [5.41, 5.74) is 3.38. The van der Waals surface area contributed by atoms with Gasteiger partial charge in [0.2, 0.25) is 5.91 Å². The Bertz CT molecular complexity index is 742. The highest BCUT2D eigenvalue weighted by molar-refractivity contribution is 5.90. The lowest BCUT2D eigenvalue weighted by molar-refractivity contribution is -0.142. The molecule has 0 saturated heterocycles. The van der Waals surface area contributed by atoms with Crippen LogP contribution in [-0.4, -0.2) is 28.0 Å². The summed E-state index contributed by atoms with van der Waals surface area (Å²) in [4.78, 5) is 26.6. The first kappa shape index (κ1) is 16.6. The predicted molar refractivity (Wildman–Crippen MR) is 92.9 cm³/mol. The molecule has 3 N–H and O–H groups in total. The third kappa shape index (κ3) is 3.45. The molecule has 1 heterocycles. The molecule has 128 valence electrons. The minimum Gasteiger partial charge on any atom is -0.481 e. The van der Waals surface area contributed by atoms with Crippen molar-refractivity contribution in [2.75, 3.05) is 0 Å². The van der Waals surface area contributed by atoms with Crippen LogP contribution in [-0.2, 0) is 22.4 Å². The summed E-state index contributed by atoms with van der Waals surface area (Å²) >= 11 is 0. The number of carbonyl (C=O) groups is 2. The lowest BCUT2D eigenvalue weighted by Crippen LogP contribution is -2.39. The molecule has 3 rings (SSSR count). The van der Waals surface area contributed by atoms with Crippen molar-refractivity contribution in [1.29, 1.82) is 0 Å². The molecule has 0 spiro atoms. The Morgan fingerprint density at radius 1 is 1.21 bits per heavy atom. The van der Waals surface area contributed by atoms with Crippen LogP contribution in [0.2, 0.25) is 0 Å². The molecule has 1 aromatic heterocycles. The maximum Gasteiger partial charge on any atom is 0.306 e. The normalized spacial score (nSPS) is 20.9. The minimum atomic E-state index is -0.717. The lowest BCUT2D eigenvalue weighted by atomic mass is 9.86. The van der Waals surface area contributed by atoms with E-state index in [4.69, 9.17) is 5.11 Å². The number of carboxylic acid groups (broad SMARTS) is 1. The molecule has 0 unspecified atom stereocenters. The molecule has 1 aromatic carbocycles. The summed E-state index contributed by atoms with van der Waals surface area (Å²) < 4.78 is 0. The second kappa shape index (κ2) is 7.07. The van der Waals surface area contributed by atoms with E-state index in [1.165, 1.54) is 5.56 Å². The molecule has 0 atom stereocenters. The highest BCUT2D eigenvalue weighted by atomic mass is 16.4. The number of para-hydroxylation sites is 1. The van der Waals surface area contributed by atoms with Crippen molar-refractivity contribution in [3.05, 3.63) is 35.5 Å². The molecule has 0 bridgehead atoms. The molecule has 0 radical (unpaired) electrons. The number of aryl methyl sites for hydroxylation is 1. The van der Waals surface area contributed by atoms with E-state index in [1.807, 2.05) is 18.3 Å². The number of H-pyrrole nitrogens is 1. The summed E-state index contributed by atoms with van der Waals surface area (Å²) in [6.07, 6.45) is 6.01. The van der Waals surface area contributed by atoms with Gasteiger partial charge in [-0.2, -0.15) is 0 Å². The van der Waals surface area contributed by atoms with Crippen molar-refractivity contribution in [3.63, 3.8) is 0 Å². The van der Waals surface area contributed by atoms with Gasteiger partial charge in [-0.05, 0) is 43.2 Å². The van der Waals surface area contributed by atoms with Gasteiger partial charge in [0, 0.05) is 23.1 Å². The van der Waals surface area contributed by atoms with Gasteiger partial charge in [0.15, 0.2) is 0 Å². The summed E-state index contributed by atoms with van der Waals surface area (Å²) in [5.74, 6) is -0.957. The SMILES string of the molecule is CCc1cccc2c(CC(=O)NC3CCC(C(=O)O)CC3)c[nH]c12.